The summed E-state index contributed by atoms with van der Waals surface area (Å²) in [5.41, 5.74) is -1.34. The van der Waals surface area contributed by atoms with Gasteiger partial charge < -0.3 is 10.0 Å². The number of hydrogen-bond acceptors (Lipinski definition) is 2. The minimum Gasteiger partial charge on any atom is -0.423 e. The van der Waals surface area contributed by atoms with Crippen molar-refractivity contribution in [2.45, 2.75) is 13.1 Å². The zero-order valence-electron chi connectivity index (χ0n) is 5.18. The summed E-state index contributed by atoms with van der Waals surface area (Å²) < 4.78 is 34.7. The van der Waals surface area contributed by atoms with Crippen LogP contribution in [0.5, 0.6) is 0 Å². The highest BCUT2D eigenvalue weighted by Crippen LogP contribution is 2.25. The smallest absolute Gasteiger partial charge is 0.423 e. The third-order valence-corrected chi connectivity index (χ3v) is 0.917. The predicted octanol–water partition coefficient (Wildman–Crippen LogP) is 0.507. The van der Waals surface area contributed by atoms with Crippen LogP contribution in [-0.2, 0) is 0 Å². The lowest BCUT2D eigenvalue weighted by Crippen LogP contribution is -2.27. The fraction of sp³-hybridized carbons (Fsp3) is 0.500. The van der Waals surface area contributed by atoms with E-state index >= 15 is 0 Å². The van der Waals surface area contributed by atoms with Crippen LogP contribution in [0.15, 0.2) is 11.5 Å². The molecule has 0 rings (SSSR count). The molecule has 0 aromatic rings. The van der Waals surface area contributed by atoms with Gasteiger partial charge in [-0.1, -0.05) is 6.08 Å². The number of allylic oxidation sites excluding steroid dienone is 2. The summed E-state index contributed by atoms with van der Waals surface area (Å²) in [6.07, 6.45) is -4.03. The van der Waals surface area contributed by atoms with E-state index in [9.17, 15) is 13.2 Å². The quantitative estimate of drug-likeness (QED) is 0.540. The van der Waals surface area contributed by atoms with Crippen molar-refractivity contribution in [1.82, 2.24) is 0 Å². The van der Waals surface area contributed by atoms with Crippen LogP contribution in [0.4, 0.5) is 13.2 Å². The Balaban J connectivity index is 4.40. The van der Waals surface area contributed by atoms with Crippen LogP contribution in [0.25, 0.3) is 0 Å². The second-order valence-corrected chi connectivity index (χ2v) is 1.62. The van der Waals surface area contributed by atoms with Gasteiger partial charge in [0.1, 0.15) is 0 Å². The molecule has 0 aliphatic rings. The maximum Gasteiger partial charge on any atom is 0.493 e. The van der Waals surface area contributed by atoms with Gasteiger partial charge in [-0.05, 0) is 6.92 Å². The Labute approximate surface area is 56.1 Å². The van der Waals surface area contributed by atoms with E-state index < -0.39 is 18.8 Å². The van der Waals surface area contributed by atoms with E-state index in [0.29, 0.717) is 6.08 Å². The summed E-state index contributed by atoms with van der Waals surface area (Å²) in [4.78, 5) is 0. The molecule has 0 saturated heterocycles. The van der Waals surface area contributed by atoms with E-state index in [2.05, 4.69) is 0 Å². The largest absolute Gasteiger partial charge is 0.493 e. The molecule has 2 nitrogen and oxygen atoms in total. The van der Waals surface area contributed by atoms with Crippen LogP contribution in [0.3, 0.4) is 0 Å². The average Bonchev–Trinajstić information content (AvgIpc) is 1.60. The van der Waals surface area contributed by atoms with Crippen LogP contribution in [0.2, 0.25) is 0 Å². The predicted molar refractivity (Wildman–Crippen MR) is 30.0 cm³/mol. The first-order valence-electron chi connectivity index (χ1n) is 2.49. The van der Waals surface area contributed by atoms with Gasteiger partial charge in [0.25, 0.3) is 0 Å². The van der Waals surface area contributed by atoms with E-state index in [-0.39, 0.29) is 0 Å². The standard InChI is InChI=1S/C4H6BF3O2/c1-2-3(5(9)10)4(6,7)8/h2,9-10H,1H3. The third-order valence-electron chi connectivity index (χ3n) is 0.917. The number of hydrogen-bond donors (Lipinski definition) is 2. The Morgan fingerprint density at radius 1 is 1.40 bits per heavy atom. The van der Waals surface area contributed by atoms with E-state index in [1.165, 1.54) is 0 Å². The first kappa shape index (κ1) is 9.51. The maximum absolute atomic E-state index is 11.6. The molecule has 0 radical (unpaired) electrons. The van der Waals surface area contributed by atoms with E-state index in [0.717, 1.165) is 6.92 Å². The molecule has 0 unspecified atom stereocenters. The molecule has 0 amide bonds. The van der Waals surface area contributed by atoms with Gasteiger partial charge in [-0.15, -0.1) is 0 Å². The minimum absolute atomic E-state index is 0.616. The van der Waals surface area contributed by atoms with Crippen LogP contribution in [0.1, 0.15) is 6.92 Å². The molecule has 58 valence electrons. The summed E-state index contributed by atoms with van der Waals surface area (Å²) >= 11 is 0. The lowest BCUT2D eigenvalue weighted by atomic mass is 9.79. The Morgan fingerprint density at radius 3 is 1.80 bits per heavy atom. The van der Waals surface area contributed by atoms with Crippen molar-refractivity contribution in [2.24, 2.45) is 0 Å². The van der Waals surface area contributed by atoms with Gasteiger partial charge in [-0.2, -0.15) is 13.2 Å². The molecule has 0 heterocycles. The minimum atomic E-state index is -4.65. The summed E-state index contributed by atoms with van der Waals surface area (Å²) in [6, 6.07) is 0. The normalized spacial score (nSPS) is 13.6. The van der Waals surface area contributed by atoms with Crippen molar-refractivity contribution in [1.29, 1.82) is 0 Å². The highest BCUT2D eigenvalue weighted by atomic mass is 19.4. The third kappa shape index (κ3) is 2.41. The van der Waals surface area contributed by atoms with Crippen molar-refractivity contribution in [2.75, 3.05) is 0 Å². The fourth-order valence-electron chi connectivity index (χ4n) is 0.459. The zero-order valence-corrected chi connectivity index (χ0v) is 5.18. The molecule has 0 saturated carbocycles. The molecule has 6 heteroatoms. The average molecular weight is 154 g/mol. The first-order valence-corrected chi connectivity index (χ1v) is 2.49. The lowest BCUT2D eigenvalue weighted by Gasteiger charge is -2.08. The molecule has 0 spiro atoms. The van der Waals surface area contributed by atoms with Crippen LogP contribution in [0, 0.1) is 0 Å². The summed E-state index contributed by atoms with van der Waals surface area (Å²) in [6.45, 7) is 1.09. The molecule has 0 aromatic carbocycles. The Hall–Kier alpha value is -0.485. The molecule has 0 bridgehead atoms. The topological polar surface area (TPSA) is 40.5 Å². The second-order valence-electron chi connectivity index (χ2n) is 1.62. The molecule has 10 heavy (non-hydrogen) atoms. The van der Waals surface area contributed by atoms with Gasteiger partial charge in [0, 0.05) is 0 Å². The van der Waals surface area contributed by atoms with Crippen molar-refractivity contribution in [3.05, 3.63) is 11.5 Å². The van der Waals surface area contributed by atoms with Crippen molar-refractivity contribution in [3.8, 4) is 0 Å². The Kier molecular flexibility index (Phi) is 2.92. The monoisotopic (exact) mass is 154 g/mol. The van der Waals surface area contributed by atoms with E-state index in [4.69, 9.17) is 10.0 Å². The summed E-state index contributed by atoms with van der Waals surface area (Å²) in [5, 5.41) is 16.2. The SMILES string of the molecule is CC=C(B(O)O)C(F)(F)F. The maximum atomic E-state index is 11.6. The fourth-order valence-corrected chi connectivity index (χ4v) is 0.459. The van der Waals surface area contributed by atoms with Gasteiger partial charge in [0.2, 0.25) is 0 Å². The molecule has 0 aliphatic heterocycles. The summed E-state index contributed by atoms with van der Waals surface area (Å²) in [5.74, 6) is 0. The Morgan fingerprint density at radius 2 is 1.80 bits per heavy atom. The zero-order chi connectivity index (χ0) is 8.36. The molecule has 0 aliphatic carbocycles. The van der Waals surface area contributed by atoms with Crippen molar-refractivity contribution >= 4 is 7.12 Å². The molecule has 0 fully saturated rings. The molecular formula is C4H6BF3O2. The van der Waals surface area contributed by atoms with E-state index in [1.54, 1.807) is 0 Å². The summed E-state index contributed by atoms with van der Waals surface area (Å²) in [7, 11) is -2.44. The van der Waals surface area contributed by atoms with Crippen LogP contribution < -0.4 is 0 Å². The second kappa shape index (κ2) is 3.07. The number of halogens is 3. The highest BCUT2D eigenvalue weighted by Gasteiger charge is 2.39. The van der Waals surface area contributed by atoms with Crippen LogP contribution >= 0.6 is 0 Å². The van der Waals surface area contributed by atoms with E-state index in [1.807, 2.05) is 0 Å². The van der Waals surface area contributed by atoms with Crippen molar-refractivity contribution in [3.63, 3.8) is 0 Å². The molecule has 0 aromatic heterocycles. The van der Waals surface area contributed by atoms with Crippen molar-refractivity contribution < 1.29 is 23.2 Å². The Bertz CT molecular complexity index is 140. The molecule has 2 N–H and O–H groups in total. The van der Waals surface area contributed by atoms with Gasteiger partial charge in [0.05, 0.1) is 5.47 Å². The van der Waals surface area contributed by atoms with Gasteiger partial charge in [0.15, 0.2) is 0 Å². The number of rotatable bonds is 1. The molecular weight excluding hydrogens is 148 g/mol. The van der Waals surface area contributed by atoms with Gasteiger partial charge >= 0.3 is 13.3 Å². The highest BCUT2D eigenvalue weighted by molar-refractivity contribution is 6.51. The van der Waals surface area contributed by atoms with Crippen LogP contribution in [-0.4, -0.2) is 23.3 Å². The van der Waals surface area contributed by atoms with Gasteiger partial charge in [-0.25, -0.2) is 0 Å². The molecule has 0 atom stereocenters. The van der Waals surface area contributed by atoms with Gasteiger partial charge in [-0.3, -0.25) is 0 Å². The lowest BCUT2D eigenvalue weighted by molar-refractivity contribution is -0.0876. The first-order chi connectivity index (χ1) is 4.39. The number of alkyl halides is 3.